The second-order valence-corrected chi connectivity index (χ2v) is 6.31. The zero-order chi connectivity index (χ0) is 14.2. The highest BCUT2D eigenvalue weighted by Crippen LogP contribution is 2.42. The molecule has 19 heavy (non-hydrogen) atoms. The Labute approximate surface area is 123 Å². The fourth-order valence-corrected chi connectivity index (χ4v) is 2.88. The number of benzene rings is 2. The highest BCUT2D eigenvalue weighted by Gasteiger charge is 2.28. The molecule has 0 aliphatic heterocycles. The van der Waals surface area contributed by atoms with Gasteiger partial charge in [-0.1, -0.05) is 50.2 Å². The van der Waals surface area contributed by atoms with Crippen LogP contribution >= 0.6 is 15.9 Å². The number of hydrogen-bond donors (Lipinski definition) is 1. The first kappa shape index (κ1) is 14.1. The smallest absolute Gasteiger partial charge is 0.134 e. The number of halogens is 1. The van der Waals surface area contributed by atoms with Crippen molar-refractivity contribution in [3.8, 4) is 5.75 Å². The quantitative estimate of drug-likeness (QED) is 0.817. The van der Waals surface area contributed by atoms with Gasteiger partial charge in [-0.3, -0.25) is 0 Å². The van der Waals surface area contributed by atoms with Crippen molar-refractivity contribution in [2.75, 3.05) is 0 Å². The van der Waals surface area contributed by atoms with Crippen LogP contribution in [0.3, 0.4) is 0 Å². The molecule has 0 atom stereocenters. The molecule has 1 nitrogen and oxygen atoms in total. The third kappa shape index (κ3) is 2.42. The van der Waals surface area contributed by atoms with Gasteiger partial charge in [-0.2, -0.15) is 0 Å². The minimum atomic E-state index is -0.230. The van der Waals surface area contributed by atoms with Crippen LogP contribution in [0, 0.1) is 13.8 Å². The number of aryl methyl sites for hydroxylation is 1. The van der Waals surface area contributed by atoms with E-state index in [-0.39, 0.29) is 5.41 Å². The highest BCUT2D eigenvalue weighted by molar-refractivity contribution is 9.10. The lowest BCUT2D eigenvalue weighted by molar-refractivity contribution is 0.449. The molecule has 2 aromatic rings. The summed E-state index contributed by atoms with van der Waals surface area (Å²) >= 11 is 3.50. The van der Waals surface area contributed by atoms with E-state index < -0.39 is 0 Å². The van der Waals surface area contributed by atoms with Crippen molar-refractivity contribution in [3.05, 3.63) is 63.1 Å². The van der Waals surface area contributed by atoms with E-state index in [4.69, 9.17) is 0 Å². The largest absolute Gasteiger partial charge is 0.506 e. The Morgan fingerprint density at radius 3 is 2.21 bits per heavy atom. The standard InChI is InChI=1S/C17H19BrO/c1-11-10-14(16(19)15(18)12(11)2)17(3,4)13-8-6-5-7-9-13/h5-10,19H,1-4H3. The van der Waals surface area contributed by atoms with Gasteiger partial charge in [-0.25, -0.2) is 0 Å². The molecule has 2 aromatic carbocycles. The Balaban J connectivity index is 2.65. The van der Waals surface area contributed by atoms with E-state index in [1.807, 2.05) is 25.1 Å². The summed E-state index contributed by atoms with van der Waals surface area (Å²) in [4.78, 5) is 0. The molecule has 2 heteroatoms. The van der Waals surface area contributed by atoms with Crippen LogP contribution in [0.15, 0.2) is 40.9 Å². The molecule has 0 radical (unpaired) electrons. The lowest BCUT2D eigenvalue weighted by Crippen LogP contribution is -2.19. The number of phenolic OH excluding ortho intramolecular Hbond substituents is 1. The molecule has 0 amide bonds. The molecule has 0 saturated carbocycles. The number of hydrogen-bond acceptors (Lipinski definition) is 1. The SMILES string of the molecule is Cc1cc(C(C)(C)c2ccccc2)c(O)c(Br)c1C. The van der Waals surface area contributed by atoms with Gasteiger partial charge in [0.2, 0.25) is 0 Å². The van der Waals surface area contributed by atoms with Gasteiger partial charge in [0, 0.05) is 11.0 Å². The fourth-order valence-electron chi connectivity index (χ4n) is 2.35. The predicted molar refractivity (Wildman–Crippen MR) is 83.9 cm³/mol. The van der Waals surface area contributed by atoms with Crippen LogP contribution in [-0.2, 0) is 5.41 Å². The topological polar surface area (TPSA) is 20.2 Å². The molecule has 1 N–H and O–H groups in total. The Hall–Kier alpha value is -1.28. The number of rotatable bonds is 2. The van der Waals surface area contributed by atoms with Crippen LogP contribution in [0.5, 0.6) is 5.75 Å². The van der Waals surface area contributed by atoms with E-state index in [0.717, 1.165) is 15.6 Å². The summed E-state index contributed by atoms with van der Waals surface area (Å²) in [5.74, 6) is 0.344. The normalized spacial score (nSPS) is 11.6. The van der Waals surface area contributed by atoms with Gasteiger partial charge >= 0.3 is 0 Å². The maximum atomic E-state index is 10.5. The zero-order valence-corrected chi connectivity index (χ0v) is 13.4. The molecule has 0 saturated heterocycles. The van der Waals surface area contributed by atoms with Gasteiger partial charge in [-0.05, 0) is 46.5 Å². The van der Waals surface area contributed by atoms with Gasteiger partial charge in [0.1, 0.15) is 5.75 Å². The molecule has 0 bridgehead atoms. The second kappa shape index (κ2) is 5.01. The summed E-state index contributed by atoms with van der Waals surface area (Å²) in [6, 6.07) is 12.4. The Kier molecular flexibility index (Phi) is 3.73. The molecule has 0 fully saturated rings. The van der Waals surface area contributed by atoms with Crippen molar-refractivity contribution < 1.29 is 5.11 Å². The lowest BCUT2D eigenvalue weighted by Gasteiger charge is -2.28. The van der Waals surface area contributed by atoms with E-state index in [0.29, 0.717) is 5.75 Å². The first-order valence-corrected chi connectivity index (χ1v) is 7.19. The van der Waals surface area contributed by atoms with E-state index in [1.165, 1.54) is 11.1 Å². The van der Waals surface area contributed by atoms with Crippen molar-refractivity contribution in [3.63, 3.8) is 0 Å². The molecular formula is C17H19BrO. The van der Waals surface area contributed by atoms with Gasteiger partial charge in [0.15, 0.2) is 0 Å². The minimum absolute atomic E-state index is 0.230. The van der Waals surface area contributed by atoms with Crippen LogP contribution in [0.4, 0.5) is 0 Å². The van der Waals surface area contributed by atoms with Crippen LogP contribution in [0.25, 0.3) is 0 Å². The molecule has 0 aromatic heterocycles. The Morgan fingerprint density at radius 1 is 1.05 bits per heavy atom. The average Bonchev–Trinajstić information content (AvgIpc) is 2.41. The van der Waals surface area contributed by atoms with E-state index in [9.17, 15) is 5.11 Å². The first-order valence-electron chi connectivity index (χ1n) is 6.40. The summed E-state index contributed by atoms with van der Waals surface area (Å²) in [5, 5.41) is 10.5. The maximum Gasteiger partial charge on any atom is 0.134 e. The summed E-state index contributed by atoms with van der Waals surface area (Å²) < 4.78 is 0.798. The molecule has 0 spiro atoms. The first-order chi connectivity index (χ1) is 8.85. The predicted octanol–water partition coefficient (Wildman–Crippen LogP) is 5.10. The molecular weight excluding hydrogens is 300 g/mol. The molecule has 2 rings (SSSR count). The van der Waals surface area contributed by atoms with Crippen molar-refractivity contribution >= 4 is 15.9 Å². The van der Waals surface area contributed by atoms with Gasteiger partial charge in [0.25, 0.3) is 0 Å². The van der Waals surface area contributed by atoms with E-state index in [1.54, 1.807) is 0 Å². The molecule has 0 aliphatic rings. The third-order valence-electron chi connectivity index (χ3n) is 3.91. The summed E-state index contributed by atoms with van der Waals surface area (Å²) in [7, 11) is 0. The Bertz CT molecular complexity index is 600. The monoisotopic (exact) mass is 318 g/mol. The van der Waals surface area contributed by atoms with Crippen molar-refractivity contribution in [1.82, 2.24) is 0 Å². The van der Waals surface area contributed by atoms with Crippen LogP contribution < -0.4 is 0 Å². The molecule has 100 valence electrons. The second-order valence-electron chi connectivity index (χ2n) is 5.52. The molecule has 0 aliphatic carbocycles. The van der Waals surface area contributed by atoms with Crippen LogP contribution in [0.1, 0.15) is 36.1 Å². The molecule has 0 unspecified atom stereocenters. The van der Waals surface area contributed by atoms with Crippen LogP contribution in [0.2, 0.25) is 0 Å². The summed E-state index contributed by atoms with van der Waals surface area (Å²) in [6.45, 7) is 8.36. The van der Waals surface area contributed by atoms with Crippen molar-refractivity contribution in [1.29, 1.82) is 0 Å². The summed E-state index contributed by atoms with van der Waals surface area (Å²) in [5.41, 5.74) is 4.19. The average molecular weight is 319 g/mol. The van der Waals surface area contributed by atoms with Crippen LogP contribution in [-0.4, -0.2) is 5.11 Å². The zero-order valence-electron chi connectivity index (χ0n) is 11.8. The number of aromatic hydroxyl groups is 1. The van der Waals surface area contributed by atoms with Gasteiger partial charge < -0.3 is 5.11 Å². The third-order valence-corrected chi connectivity index (χ3v) is 4.88. The van der Waals surface area contributed by atoms with Crippen molar-refractivity contribution in [2.24, 2.45) is 0 Å². The van der Waals surface area contributed by atoms with E-state index in [2.05, 4.69) is 54.9 Å². The van der Waals surface area contributed by atoms with Crippen molar-refractivity contribution in [2.45, 2.75) is 33.1 Å². The lowest BCUT2D eigenvalue weighted by atomic mass is 9.77. The van der Waals surface area contributed by atoms with E-state index >= 15 is 0 Å². The highest BCUT2D eigenvalue weighted by atomic mass is 79.9. The molecule has 0 heterocycles. The maximum absolute atomic E-state index is 10.5. The summed E-state index contributed by atoms with van der Waals surface area (Å²) in [6.07, 6.45) is 0. The minimum Gasteiger partial charge on any atom is -0.506 e. The number of phenols is 1. The van der Waals surface area contributed by atoms with Gasteiger partial charge in [0.05, 0.1) is 4.47 Å². The Morgan fingerprint density at radius 2 is 1.63 bits per heavy atom. The fraction of sp³-hybridized carbons (Fsp3) is 0.294. The van der Waals surface area contributed by atoms with Gasteiger partial charge in [-0.15, -0.1) is 0 Å².